The van der Waals surface area contributed by atoms with E-state index in [1.54, 1.807) is 12.1 Å². The number of nitrogens with one attached hydrogen (secondary N) is 2. The Morgan fingerprint density at radius 3 is 2.73 bits per heavy atom. The molecule has 0 unspecified atom stereocenters. The number of hydrogen-bond donors (Lipinski definition) is 2. The summed E-state index contributed by atoms with van der Waals surface area (Å²) in [6.45, 7) is 3.21. The second kappa shape index (κ2) is 8.29. The van der Waals surface area contributed by atoms with Crippen LogP contribution < -0.4 is 15.4 Å². The Labute approximate surface area is 135 Å². The minimum Gasteiger partial charge on any atom is -0.489 e. The third-order valence-corrected chi connectivity index (χ3v) is 3.15. The standard InChI is InChI=1S/C17H18ClN2O2/c1-13(21)19-9-10-20-16-4-2-3-14(11-16)12-22-17-7-5-15(18)6-8-17/h3-8,11,20H,9-10,12H2,1H3,(H,19,21). The number of rotatable bonds is 7. The largest absolute Gasteiger partial charge is 0.489 e. The molecule has 5 heteroatoms. The predicted molar refractivity (Wildman–Crippen MR) is 88.2 cm³/mol. The summed E-state index contributed by atoms with van der Waals surface area (Å²) in [5, 5.41) is 6.65. The van der Waals surface area contributed by atoms with Gasteiger partial charge in [-0.2, -0.15) is 0 Å². The zero-order valence-electron chi connectivity index (χ0n) is 12.4. The average Bonchev–Trinajstić information content (AvgIpc) is 2.51. The highest BCUT2D eigenvalue weighted by molar-refractivity contribution is 6.30. The molecule has 0 bridgehead atoms. The molecule has 0 aliphatic rings. The van der Waals surface area contributed by atoms with E-state index in [-0.39, 0.29) is 5.91 Å². The molecule has 0 aromatic heterocycles. The zero-order chi connectivity index (χ0) is 15.8. The van der Waals surface area contributed by atoms with E-state index in [2.05, 4.69) is 16.7 Å². The van der Waals surface area contributed by atoms with Gasteiger partial charge in [-0.15, -0.1) is 0 Å². The van der Waals surface area contributed by atoms with Gasteiger partial charge in [0, 0.05) is 30.7 Å². The minimum atomic E-state index is -0.0292. The van der Waals surface area contributed by atoms with E-state index in [1.165, 1.54) is 6.92 Å². The molecule has 0 saturated carbocycles. The molecule has 2 rings (SSSR count). The van der Waals surface area contributed by atoms with Gasteiger partial charge in [0.05, 0.1) is 0 Å². The number of hydrogen-bond acceptors (Lipinski definition) is 3. The van der Waals surface area contributed by atoms with Crippen LogP contribution in [0.1, 0.15) is 12.5 Å². The molecule has 2 aromatic rings. The SMILES string of the molecule is CC(=O)NCCNc1c[c]cc(COc2ccc(Cl)cc2)c1. The first-order chi connectivity index (χ1) is 10.6. The lowest BCUT2D eigenvalue weighted by atomic mass is 10.2. The van der Waals surface area contributed by atoms with Crippen molar-refractivity contribution in [2.75, 3.05) is 18.4 Å². The summed E-state index contributed by atoms with van der Waals surface area (Å²) in [6, 6.07) is 16.1. The highest BCUT2D eigenvalue weighted by Crippen LogP contribution is 2.17. The Bertz CT molecular complexity index is 614. The topological polar surface area (TPSA) is 50.4 Å². The minimum absolute atomic E-state index is 0.0292. The number of carbonyl (C=O) groups excluding carboxylic acids is 1. The Kier molecular flexibility index (Phi) is 6.10. The fourth-order valence-electron chi connectivity index (χ4n) is 1.85. The average molecular weight is 318 g/mol. The zero-order valence-corrected chi connectivity index (χ0v) is 13.1. The van der Waals surface area contributed by atoms with Crippen LogP contribution in [0.2, 0.25) is 5.02 Å². The van der Waals surface area contributed by atoms with Gasteiger partial charge < -0.3 is 15.4 Å². The first kappa shape index (κ1) is 16.2. The van der Waals surface area contributed by atoms with Gasteiger partial charge in [0.15, 0.2) is 0 Å². The highest BCUT2D eigenvalue weighted by atomic mass is 35.5. The molecule has 4 nitrogen and oxygen atoms in total. The van der Waals surface area contributed by atoms with Crippen molar-refractivity contribution in [3.63, 3.8) is 0 Å². The van der Waals surface area contributed by atoms with Crippen molar-refractivity contribution in [1.82, 2.24) is 5.32 Å². The quantitative estimate of drug-likeness (QED) is 0.771. The van der Waals surface area contributed by atoms with E-state index in [1.807, 2.05) is 30.3 Å². The van der Waals surface area contributed by atoms with Crippen molar-refractivity contribution < 1.29 is 9.53 Å². The number of anilines is 1. The normalized spacial score (nSPS) is 10.1. The molecule has 1 radical (unpaired) electrons. The van der Waals surface area contributed by atoms with Gasteiger partial charge in [0.25, 0.3) is 0 Å². The van der Waals surface area contributed by atoms with Crippen molar-refractivity contribution in [3.05, 3.63) is 59.1 Å². The molecule has 0 fully saturated rings. The summed E-state index contributed by atoms with van der Waals surface area (Å²) in [6.07, 6.45) is 0. The maximum atomic E-state index is 10.8. The number of carbonyl (C=O) groups is 1. The number of halogens is 1. The third kappa shape index (κ3) is 5.66. The summed E-state index contributed by atoms with van der Waals surface area (Å²) >= 11 is 5.83. The Morgan fingerprint density at radius 1 is 1.23 bits per heavy atom. The first-order valence-electron chi connectivity index (χ1n) is 7.00. The lowest BCUT2D eigenvalue weighted by Gasteiger charge is -2.10. The number of benzene rings is 2. The molecule has 0 aliphatic heterocycles. The third-order valence-electron chi connectivity index (χ3n) is 2.90. The summed E-state index contributed by atoms with van der Waals surface area (Å²) in [7, 11) is 0. The van der Waals surface area contributed by atoms with Crippen LogP contribution in [0.15, 0.2) is 42.5 Å². The molecule has 0 spiro atoms. The van der Waals surface area contributed by atoms with Gasteiger partial charge in [-0.3, -0.25) is 4.79 Å². The fourth-order valence-corrected chi connectivity index (χ4v) is 1.98. The molecule has 0 saturated heterocycles. The van der Waals surface area contributed by atoms with Crippen molar-refractivity contribution in [1.29, 1.82) is 0 Å². The summed E-state index contributed by atoms with van der Waals surface area (Å²) in [5.41, 5.74) is 1.96. The molecule has 2 aromatic carbocycles. The van der Waals surface area contributed by atoms with Gasteiger partial charge in [-0.05, 0) is 54.1 Å². The molecule has 2 N–H and O–H groups in total. The van der Waals surface area contributed by atoms with Crippen molar-refractivity contribution in [2.24, 2.45) is 0 Å². The van der Waals surface area contributed by atoms with E-state index in [9.17, 15) is 4.79 Å². The van der Waals surface area contributed by atoms with Crippen LogP contribution in [0.3, 0.4) is 0 Å². The van der Waals surface area contributed by atoms with Gasteiger partial charge in [-0.25, -0.2) is 0 Å². The van der Waals surface area contributed by atoms with Crippen LogP contribution in [0.25, 0.3) is 0 Å². The smallest absolute Gasteiger partial charge is 0.216 e. The van der Waals surface area contributed by atoms with Crippen LogP contribution in [-0.4, -0.2) is 19.0 Å². The maximum Gasteiger partial charge on any atom is 0.216 e. The maximum absolute atomic E-state index is 10.8. The van der Waals surface area contributed by atoms with E-state index in [0.717, 1.165) is 17.0 Å². The number of amides is 1. The Balaban J connectivity index is 1.83. The van der Waals surface area contributed by atoms with Crippen molar-refractivity contribution in [3.8, 4) is 5.75 Å². The molecular weight excluding hydrogens is 300 g/mol. The van der Waals surface area contributed by atoms with Gasteiger partial charge in [-0.1, -0.05) is 11.6 Å². The molecule has 0 heterocycles. The van der Waals surface area contributed by atoms with Gasteiger partial charge >= 0.3 is 0 Å². The molecule has 115 valence electrons. The van der Waals surface area contributed by atoms with E-state index >= 15 is 0 Å². The summed E-state index contributed by atoms with van der Waals surface area (Å²) in [5.74, 6) is 0.742. The summed E-state index contributed by atoms with van der Waals surface area (Å²) < 4.78 is 5.70. The van der Waals surface area contributed by atoms with Crippen molar-refractivity contribution in [2.45, 2.75) is 13.5 Å². The second-order valence-corrected chi connectivity index (χ2v) is 5.22. The lowest BCUT2D eigenvalue weighted by Crippen LogP contribution is -2.26. The van der Waals surface area contributed by atoms with Crippen LogP contribution >= 0.6 is 11.6 Å². The monoisotopic (exact) mass is 317 g/mol. The predicted octanol–water partition coefficient (Wildman–Crippen LogP) is 3.27. The van der Waals surface area contributed by atoms with Crippen LogP contribution in [0, 0.1) is 6.07 Å². The Morgan fingerprint density at radius 2 is 2.00 bits per heavy atom. The van der Waals surface area contributed by atoms with Crippen LogP contribution in [-0.2, 0) is 11.4 Å². The fraction of sp³-hybridized carbons (Fsp3) is 0.235. The molecule has 0 aliphatic carbocycles. The van der Waals surface area contributed by atoms with Crippen LogP contribution in [0.4, 0.5) is 5.69 Å². The molecule has 1 amide bonds. The van der Waals surface area contributed by atoms with Gasteiger partial charge in [0.2, 0.25) is 5.91 Å². The van der Waals surface area contributed by atoms with Crippen LogP contribution in [0.5, 0.6) is 5.75 Å². The summed E-state index contributed by atoms with van der Waals surface area (Å²) in [4.78, 5) is 10.8. The molecule has 0 atom stereocenters. The number of ether oxygens (including phenoxy) is 1. The molecule has 22 heavy (non-hydrogen) atoms. The van der Waals surface area contributed by atoms with E-state index < -0.39 is 0 Å². The first-order valence-corrected chi connectivity index (χ1v) is 7.38. The van der Waals surface area contributed by atoms with Crippen molar-refractivity contribution >= 4 is 23.2 Å². The molecular formula is C17H18ClN2O2. The Hall–Kier alpha value is -2.20. The highest BCUT2D eigenvalue weighted by Gasteiger charge is 1.99. The lowest BCUT2D eigenvalue weighted by molar-refractivity contribution is -0.118. The van der Waals surface area contributed by atoms with E-state index in [4.69, 9.17) is 16.3 Å². The second-order valence-electron chi connectivity index (χ2n) is 4.78. The van der Waals surface area contributed by atoms with Gasteiger partial charge in [0.1, 0.15) is 12.4 Å². The van der Waals surface area contributed by atoms with E-state index in [0.29, 0.717) is 24.7 Å².